The van der Waals surface area contributed by atoms with E-state index < -0.39 is 0 Å². The van der Waals surface area contributed by atoms with E-state index in [0.717, 1.165) is 24.6 Å². The molecule has 0 radical (unpaired) electrons. The summed E-state index contributed by atoms with van der Waals surface area (Å²) in [6, 6.07) is 0. The van der Waals surface area contributed by atoms with Gasteiger partial charge < -0.3 is 4.52 Å². The highest BCUT2D eigenvalue weighted by molar-refractivity contribution is 4.96. The molecule has 0 aromatic carbocycles. The van der Waals surface area contributed by atoms with Gasteiger partial charge in [-0.1, -0.05) is 32.9 Å². The van der Waals surface area contributed by atoms with Crippen molar-refractivity contribution in [2.45, 2.75) is 52.4 Å². The molecule has 74 valence electrons. The zero-order valence-corrected chi connectivity index (χ0v) is 8.87. The van der Waals surface area contributed by atoms with Crippen LogP contribution in [0.3, 0.4) is 0 Å². The van der Waals surface area contributed by atoms with E-state index in [-0.39, 0.29) is 0 Å². The Hall–Kier alpha value is -0.860. The maximum atomic E-state index is 5.21. The molecule has 1 aromatic heterocycles. The zero-order valence-electron chi connectivity index (χ0n) is 8.87. The van der Waals surface area contributed by atoms with E-state index in [2.05, 4.69) is 37.8 Å². The second kappa shape index (κ2) is 4.40. The fourth-order valence-electron chi connectivity index (χ4n) is 1.29. The van der Waals surface area contributed by atoms with Crippen LogP contribution < -0.4 is 0 Å². The van der Waals surface area contributed by atoms with Gasteiger partial charge in [0.2, 0.25) is 5.89 Å². The van der Waals surface area contributed by atoms with Gasteiger partial charge in [-0.2, -0.15) is 4.98 Å². The first-order valence-corrected chi connectivity index (χ1v) is 5.02. The first-order valence-electron chi connectivity index (χ1n) is 5.02. The molecule has 0 N–H and O–H groups in total. The van der Waals surface area contributed by atoms with Crippen molar-refractivity contribution in [1.29, 1.82) is 0 Å². The van der Waals surface area contributed by atoms with Gasteiger partial charge in [-0.05, 0) is 12.8 Å². The van der Waals surface area contributed by atoms with Gasteiger partial charge in [-0.25, -0.2) is 0 Å². The van der Waals surface area contributed by atoms with Gasteiger partial charge in [0.1, 0.15) is 0 Å². The lowest BCUT2D eigenvalue weighted by molar-refractivity contribution is 0.341. The standard InChI is InChI=1S/C10H18N2O/c1-5-8(6-2)10-11-9(7(3)4)12-13-10/h7-8H,5-6H2,1-4H3. The van der Waals surface area contributed by atoms with Crippen LogP contribution >= 0.6 is 0 Å². The predicted molar refractivity (Wildman–Crippen MR) is 51.7 cm³/mol. The molecule has 3 heteroatoms. The molecular formula is C10H18N2O. The molecule has 13 heavy (non-hydrogen) atoms. The Kier molecular flexibility index (Phi) is 3.46. The summed E-state index contributed by atoms with van der Waals surface area (Å²) in [4.78, 5) is 4.37. The molecule has 0 bridgehead atoms. The first kappa shape index (κ1) is 10.2. The molecule has 0 aliphatic heterocycles. The Morgan fingerprint density at radius 3 is 2.23 bits per heavy atom. The van der Waals surface area contributed by atoms with E-state index in [0.29, 0.717) is 11.8 Å². The molecule has 0 aliphatic carbocycles. The molecule has 0 atom stereocenters. The van der Waals surface area contributed by atoms with Gasteiger partial charge in [0.05, 0.1) is 0 Å². The molecule has 0 spiro atoms. The average Bonchev–Trinajstić information content (AvgIpc) is 2.56. The fraction of sp³-hybridized carbons (Fsp3) is 0.800. The summed E-state index contributed by atoms with van der Waals surface area (Å²) in [5.41, 5.74) is 0. The summed E-state index contributed by atoms with van der Waals surface area (Å²) in [6.07, 6.45) is 2.13. The number of hydrogen-bond acceptors (Lipinski definition) is 3. The summed E-state index contributed by atoms with van der Waals surface area (Å²) < 4.78 is 5.21. The largest absolute Gasteiger partial charge is 0.339 e. The van der Waals surface area contributed by atoms with Crippen LogP contribution in [0.5, 0.6) is 0 Å². The molecule has 3 nitrogen and oxygen atoms in total. The van der Waals surface area contributed by atoms with Gasteiger partial charge in [0.15, 0.2) is 5.82 Å². The van der Waals surface area contributed by atoms with Gasteiger partial charge in [0.25, 0.3) is 0 Å². The second-order valence-corrected chi connectivity index (χ2v) is 3.66. The number of aromatic nitrogens is 2. The van der Waals surface area contributed by atoms with E-state index in [1.54, 1.807) is 0 Å². The van der Waals surface area contributed by atoms with Gasteiger partial charge in [0, 0.05) is 11.8 Å². The van der Waals surface area contributed by atoms with E-state index in [1.807, 2.05) is 0 Å². The number of rotatable bonds is 4. The molecule has 1 heterocycles. The minimum absolute atomic E-state index is 0.354. The van der Waals surface area contributed by atoms with Crippen molar-refractivity contribution in [1.82, 2.24) is 10.1 Å². The third kappa shape index (κ3) is 2.29. The first-order chi connectivity index (χ1) is 6.19. The molecular weight excluding hydrogens is 164 g/mol. The van der Waals surface area contributed by atoms with Crippen molar-refractivity contribution >= 4 is 0 Å². The maximum Gasteiger partial charge on any atom is 0.229 e. The quantitative estimate of drug-likeness (QED) is 0.718. The van der Waals surface area contributed by atoms with Crippen LogP contribution in [0.2, 0.25) is 0 Å². The molecule has 0 fully saturated rings. The lowest BCUT2D eigenvalue weighted by Gasteiger charge is -2.04. The van der Waals surface area contributed by atoms with Crippen LogP contribution in [-0.4, -0.2) is 10.1 Å². The molecule has 1 aromatic rings. The van der Waals surface area contributed by atoms with Gasteiger partial charge in [-0.3, -0.25) is 0 Å². The Balaban J connectivity index is 2.78. The van der Waals surface area contributed by atoms with E-state index in [4.69, 9.17) is 4.52 Å². The lowest BCUT2D eigenvalue weighted by atomic mass is 10.0. The third-order valence-electron chi connectivity index (χ3n) is 2.31. The van der Waals surface area contributed by atoms with Crippen LogP contribution in [0.15, 0.2) is 4.52 Å². The van der Waals surface area contributed by atoms with Crippen molar-refractivity contribution in [3.8, 4) is 0 Å². The third-order valence-corrected chi connectivity index (χ3v) is 2.31. The molecule has 0 saturated heterocycles. The van der Waals surface area contributed by atoms with Crippen LogP contribution in [0.4, 0.5) is 0 Å². The van der Waals surface area contributed by atoms with E-state index >= 15 is 0 Å². The lowest BCUT2D eigenvalue weighted by Crippen LogP contribution is -1.96. The van der Waals surface area contributed by atoms with Crippen molar-refractivity contribution in [2.24, 2.45) is 0 Å². The highest BCUT2D eigenvalue weighted by Crippen LogP contribution is 2.22. The summed E-state index contributed by atoms with van der Waals surface area (Å²) in [6.45, 7) is 8.43. The van der Waals surface area contributed by atoms with Crippen molar-refractivity contribution in [2.75, 3.05) is 0 Å². The second-order valence-electron chi connectivity index (χ2n) is 3.66. The number of hydrogen-bond donors (Lipinski definition) is 0. The normalized spacial score (nSPS) is 11.5. The minimum Gasteiger partial charge on any atom is -0.339 e. The van der Waals surface area contributed by atoms with Crippen molar-refractivity contribution < 1.29 is 4.52 Å². The summed E-state index contributed by atoms with van der Waals surface area (Å²) in [7, 11) is 0. The summed E-state index contributed by atoms with van der Waals surface area (Å²) >= 11 is 0. The fourth-order valence-corrected chi connectivity index (χ4v) is 1.29. The predicted octanol–water partition coefficient (Wildman–Crippen LogP) is 3.10. The highest BCUT2D eigenvalue weighted by atomic mass is 16.5. The Morgan fingerprint density at radius 2 is 1.85 bits per heavy atom. The van der Waals surface area contributed by atoms with Crippen LogP contribution in [0.1, 0.15) is 64.1 Å². The molecule has 0 aliphatic rings. The van der Waals surface area contributed by atoms with Crippen molar-refractivity contribution in [3.63, 3.8) is 0 Å². The van der Waals surface area contributed by atoms with E-state index in [1.165, 1.54) is 0 Å². The maximum absolute atomic E-state index is 5.21. The molecule has 0 saturated carbocycles. The smallest absolute Gasteiger partial charge is 0.229 e. The van der Waals surface area contributed by atoms with Crippen LogP contribution in [0.25, 0.3) is 0 Å². The SMILES string of the molecule is CCC(CC)c1nc(C(C)C)no1. The molecule has 1 rings (SSSR count). The van der Waals surface area contributed by atoms with Crippen LogP contribution in [0, 0.1) is 0 Å². The Labute approximate surface area is 79.5 Å². The van der Waals surface area contributed by atoms with Gasteiger partial charge in [-0.15, -0.1) is 0 Å². The topological polar surface area (TPSA) is 38.9 Å². The summed E-state index contributed by atoms with van der Waals surface area (Å²) in [5.74, 6) is 2.41. The molecule has 0 amide bonds. The number of nitrogens with zero attached hydrogens (tertiary/aromatic N) is 2. The average molecular weight is 182 g/mol. The highest BCUT2D eigenvalue weighted by Gasteiger charge is 2.16. The Bertz CT molecular complexity index is 251. The Morgan fingerprint density at radius 1 is 1.23 bits per heavy atom. The molecule has 0 unspecified atom stereocenters. The van der Waals surface area contributed by atoms with Crippen molar-refractivity contribution in [3.05, 3.63) is 11.7 Å². The van der Waals surface area contributed by atoms with Crippen LogP contribution in [-0.2, 0) is 0 Å². The zero-order chi connectivity index (χ0) is 9.84. The van der Waals surface area contributed by atoms with Gasteiger partial charge >= 0.3 is 0 Å². The summed E-state index contributed by atoms with van der Waals surface area (Å²) in [5, 5.41) is 3.95. The monoisotopic (exact) mass is 182 g/mol. The van der Waals surface area contributed by atoms with E-state index in [9.17, 15) is 0 Å². The minimum atomic E-state index is 0.354.